The summed E-state index contributed by atoms with van der Waals surface area (Å²) in [4.78, 5) is 18.0. The van der Waals surface area contributed by atoms with Gasteiger partial charge in [0.2, 0.25) is 0 Å². The van der Waals surface area contributed by atoms with Gasteiger partial charge in [0.15, 0.2) is 0 Å². The zero-order chi connectivity index (χ0) is 18.8. The third-order valence-corrected chi connectivity index (χ3v) is 5.18. The topological polar surface area (TPSA) is 70.4 Å². The van der Waals surface area contributed by atoms with Crippen LogP contribution in [0.15, 0.2) is 42.5 Å². The summed E-state index contributed by atoms with van der Waals surface area (Å²) in [6.07, 6.45) is 0.662. The smallest absolute Gasteiger partial charge is 0.303 e. The molecular weight excluding hydrogens is 340 g/mol. The molecule has 27 heavy (non-hydrogen) atoms. The number of nitrogens with one attached hydrogen (secondary N) is 1. The first kappa shape index (κ1) is 17.5. The van der Waals surface area contributed by atoms with Gasteiger partial charge in [0, 0.05) is 50.9 Å². The molecule has 1 aliphatic heterocycles. The second kappa shape index (κ2) is 7.40. The molecule has 2 aromatic carbocycles. The highest BCUT2D eigenvalue weighted by Crippen LogP contribution is 2.27. The van der Waals surface area contributed by atoms with Crippen LogP contribution >= 0.6 is 0 Å². The number of carboxylic acids is 1. The molecule has 6 nitrogen and oxygen atoms in total. The molecule has 2 N–H and O–H groups in total. The zero-order valence-corrected chi connectivity index (χ0v) is 15.5. The van der Waals surface area contributed by atoms with Gasteiger partial charge in [0.05, 0.1) is 11.0 Å². The maximum Gasteiger partial charge on any atom is 0.303 e. The van der Waals surface area contributed by atoms with Crippen molar-refractivity contribution in [2.45, 2.75) is 12.8 Å². The number of carboxylic acid groups (broad SMARTS) is 1. The van der Waals surface area contributed by atoms with Crippen LogP contribution in [-0.2, 0) is 18.3 Å². The van der Waals surface area contributed by atoms with Gasteiger partial charge in [0.1, 0.15) is 5.82 Å². The normalized spacial score (nSPS) is 14.6. The highest BCUT2D eigenvalue weighted by molar-refractivity contribution is 5.81. The van der Waals surface area contributed by atoms with Crippen molar-refractivity contribution in [3.8, 4) is 11.4 Å². The first-order valence-electron chi connectivity index (χ1n) is 9.35. The molecule has 0 atom stereocenters. The van der Waals surface area contributed by atoms with Crippen molar-refractivity contribution in [1.82, 2.24) is 14.9 Å². The van der Waals surface area contributed by atoms with E-state index in [1.807, 2.05) is 25.2 Å². The number of imidazole rings is 1. The number of benzene rings is 2. The predicted molar refractivity (Wildman–Crippen MR) is 107 cm³/mol. The summed E-state index contributed by atoms with van der Waals surface area (Å²) < 4.78 is 2.09. The predicted octanol–water partition coefficient (Wildman–Crippen LogP) is 2.67. The van der Waals surface area contributed by atoms with Gasteiger partial charge in [-0.3, -0.25) is 4.79 Å². The fourth-order valence-electron chi connectivity index (χ4n) is 3.65. The molecule has 0 bridgehead atoms. The number of piperazine rings is 1. The van der Waals surface area contributed by atoms with E-state index in [1.165, 1.54) is 5.69 Å². The molecule has 3 aromatic rings. The van der Waals surface area contributed by atoms with E-state index in [0.717, 1.165) is 54.2 Å². The van der Waals surface area contributed by atoms with Crippen molar-refractivity contribution in [3.05, 3.63) is 48.0 Å². The average molecular weight is 364 g/mol. The Morgan fingerprint density at radius 1 is 1.15 bits per heavy atom. The van der Waals surface area contributed by atoms with Crippen LogP contribution in [0.1, 0.15) is 12.0 Å². The lowest BCUT2D eigenvalue weighted by molar-refractivity contribution is -0.136. The van der Waals surface area contributed by atoms with Crippen molar-refractivity contribution in [2.24, 2.45) is 7.05 Å². The van der Waals surface area contributed by atoms with E-state index in [4.69, 9.17) is 10.1 Å². The van der Waals surface area contributed by atoms with Gasteiger partial charge in [0.25, 0.3) is 0 Å². The van der Waals surface area contributed by atoms with Crippen LogP contribution in [0.25, 0.3) is 22.4 Å². The lowest BCUT2D eigenvalue weighted by Gasteiger charge is -2.29. The van der Waals surface area contributed by atoms with E-state index in [1.54, 1.807) is 0 Å². The Kier molecular flexibility index (Phi) is 4.81. The van der Waals surface area contributed by atoms with Crippen LogP contribution in [0.5, 0.6) is 0 Å². The average Bonchev–Trinajstić information content (AvgIpc) is 3.03. The zero-order valence-electron chi connectivity index (χ0n) is 15.5. The number of hydrogen-bond acceptors (Lipinski definition) is 4. The van der Waals surface area contributed by atoms with E-state index in [2.05, 4.69) is 39.0 Å². The standard InChI is InChI=1S/C21H24N4O2/c1-24-19-8-2-15(3-9-20(26)27)14-18(19)23-21(24)16-4-6-17(7-5-16)25-12-10-22-11-13-25/h2,4-8,14,22H,3,9-13H2,1H3,(H,26,27). The van der Waals surface area contributed by atoms with Crippen molar-refractivity contribution in [3.63, 3.8) is 0 Å². The summed E-state index contributed by atoms with van der Waals surface area (Å²) in [7, 11) is 2.02. The quantitative estimate of drug-likeness (QED) is 0.728. The molecule has 2 heterocycles. The molecule has 6 heteroatoms. The molecule has 0 saturated carbocycles. The highest BCUT2D eigenvalue weighted by atomic mass is 16.4. The molecule has 1 fully saturated rings. The number of aromatic nitrogens is 2. The number of hydrogen-bond donors (Lipinski definition) is 2. The molecule has 0 spiro atoms. The van der Waals surface area contributed by atoms with E-state index >= 15 is 0 Å². The van der Waals surface area contributed by atoms with Gasteiger partial charge in [-0.2, -0.15) is 0 Å². The molecule has 1 saturated heterocycles. The summed E-state index contributed by atoms with van der Waals surface area (Å²) in [5.74, 6) is 0.147. The Morgan fingerprint density at radius 3 is 2.59 bits per heavy atom. The Bertz CT molecular complexity index is 956. The fraction of sp³-hybridized carbons (Fsp3) is 0.333. The molecule has 0 aliphatic carbocycles. The van der Waals surface area contributed by atoms with Crippen LogP contribution in [0.4, 0.5) is 5.69 Å². The van der Waals surface area contributed by atoms with Gasteiger partial charge in [-0.15, -0.1) is 0 Å². The number of aryl methyl sites for hydroxylation is 2. The van der Waals surface area contributed by atoms with E-state index in [-0.39, 0.29) is 6.42 Å². The van der Waals surface area contributed by atoms with Gasteiger partial charge in [-0.1, -0.05) is 6.07 Å². The van der Waals surface area contributed by atoms with Crippen LogP contribution in [0.2, 0.25) is 0 Å². The van der Waals surface area contributed by atoms with Crippen LogP contribution in [0, 0.1) is 0 Å². The maximum atomic E-state index is 10.8. The van der Waals surface area contributed by atoms with Crippen molar-refractivity contribution >= 4 is 22.7 Å². The minimum Gasteiger partial charge on any atom is -0.481 e. The first-order valence-corrected chi connectivity index (χ1v) is 9.35. The Hall–Kier alpha value is -2.86. The molecule has 1 aliphatic rings. The largest absolute Gasteiger partial charge is 0.481 e. The molecule has 4 rings (SSSR count). The van der Waals surface area contributed by atoms with E-state index < -0.39 is 5.97 Å². The SMILES string of the molecule is Cn1c(-c2ccc(N3CCNCC3)cc2)nc2cc(CCC(=O)O)ccc21. The maximum absolute atomic E-state index is 10.8. The molecule has 1 aromatic heterocycles. The Labute approximate surface area is 158 Å². The number of anilines is 1. The Morgan fingerprint density at radius 2 is 1.89 bits per heavy atom. The number of carbonyl (C=O) groups is 1. The summed E-state index contributed by atoms with van der Waals surface area (Å²) >= 11 is 0. The third-order valence-electron chi connectivity index (χ3n) is 5.18. The molecule has 140 valence electrons. The minimum atomic E-state index is -0.776. The number of rotatable bonds is 5. The first-order chi connectivity index (χ1) is 13.1. The number of nitrogens with zero attached hydrogens (tertiary/aromatic N) is 3. The van der Waals surface area contributed by atoms with E-state index in [0.29, 0.717) is 6.42 Å². The number of fused-ring (bicyclic) bond motifs is 1. The van der Waals surface area contributed by atoms with Crippen LogP contribution in [0.3, 0.4) is 0 Å². The lowest BCUT2D eigenvalue weighted by Crippen LogP contribution is -2.43. The van der Waals surface area contributed by atoms with Crippen molar-refractivity contribution in [2.75, 3.05) is 31.1 Å². The van der Waals surface area contributed by atoms with Crippen molar-refractivity contribution < 1.29 is 9.90 Å². The van der Waals surface area contributed by atoms with E-state index in [9.17, 15) is 4.79 Å². The summed E-state index contributed by atoms with van der Waals surface area (Å²) in [5.41, 5.74) is 5.29. The molecule has 0 radical (unpaired) electrons. The third kappa shape index (κ3) is 3.66. The fourth-order valence-corrected chi connectivity index (χ4v) is 3.65. The van der Waals surface area contributed by atoms with Gasteiger partial charge in [-0.05, 0) is 48.4 Å². The van der Waals surface area contributed by atoms with Gasteiger partial charge in [-0.25, -0.2) is 4.98 Å². The summed E-state index contributed by atoms with van der Waals surface area (Å²) in [6.45, 7) is 4.11. The van der Waals surface area contributed by atoms with Gasteiger partial charge < -0.3 is 19.9 Å². The monoisotopic (exact) mass is 364 g/mol. The second-order valence-electron chi connectivity index (χ2n) is 7.00. The number of aliphatic carboxylic acids is 1. The molecule has 0 amide bonds. The highest BCUT2D eigenvalue weighted by Gasteiger charge is 2.13. The van der Waals surface area contributed by atoms with Crippen LogP contribution in [-0.4, -0.2) is 46.8 Å². The van der Waals surface area contributed by atoms with Crippen LogP contribution < -0.4 is 10.2 Å². The Balaban J connectivity index is 1.60. The summed E-state index contributed by atoms with van der Waals surface area (Å²) in [6, 6.07) is 14.6. The van der Waals surface area contributed by atoms with Crippen molar-refractivity contribution in [1.29, 1.82) is 0 Å². The van der Waals surface area contributed by atoms with Gasteiger partial charge >= 0.3 is 5.97 Å². The second-order valence-corrected chi connectivity index (χ2v) is 7.00. The lowest BCUT2D eigenvalue weighted by atomic mass is 10.1. The molecular formula is C21H24N4O2. The molecule has 0 unspecified atom stereocenters. The minimum absolute atomic E-state index is 0.138. The summed E-state index contributed by atoms with van der Waals surface area (Å²) in [5, 5.41) is 12.3.